The van der Waals surface area contributed by atoms with Gasteiger partial charge in [-0.15, -0.1) is 0 Å². The van der Waals surface area contributed by atoms with E-state index in [0.717, 1.165) is 24.7 Å². The van der Waals surface area contributed by atoms with Crippen LogP contribution in [0.4, 0.5) is 0 Å². The zero-order valence-electron chi connectivity index (χ0n) is 12.3. The number of phenols is 1. The van der Waals surface area contributed by atoms with Crippen molar-refractivity contribution in [3.63, 3.8) is 0 Å². The Morgan fingerprint density at radius 1 is 1.24 bits per heavy atom. The molecule has 0 unspecified atom stereocenters. The number of phenolic OH excluding ortho intramolecular Hbond substituents is 1. The van der Waals surface area contributed by atoms with Gasteiger partial charge in [0, 0.05) is 19.3 Å². The third-order valence-corrected chi connectivity index (χ3v) is 5.65. The molecular formula is C15H21NO4S. The van der Waals surface area contributed by atoms with Gasteiger partial charge in [-0.3, -0.25) is 4.79 Å². The Morgan fingerprint density at radius 3 is 2.24 bits per heavy atom. The maximum absolute atomic E-state index is 12.1. The molecule has 1 aromatic carbocycles. The van der Waals surface area contributed by atoms with Crippen molar-refractivity contribution in [2.24, 2.45) is 0 Å². The van der Waals surface area contributed by atoms with E-state index in [1.807, 2.05) is 12.1 Å². The van der Waals surface area contributed by atoms with E-state index >= 15 is 0 Å². The summed E-state index contributed by atoms with van der Waals surface area (Å²) in [6, 6.07) is 7.13. The summed E-state index contributed by atoms with van der Waals surface area (Å²) in [5.74, 6) is 0.290. The first-order chi connectivity index (χ1) is 9.79. The van der Waals surface area contributed by atoms with Crippen LogP contribution in [0.1, 0.15) is 31.2 Å². The summed E-state index contributed by atoms with van der Waals surface area (Å²) in [6.07, 6.45) is 2.72. The van der Waals surface area contributed by atoms with Gasteiger partial charge in [-0.2, -0.15) is 0 Å². The SMILES string of the molecule is C[C@H](C(=O)N1CCC(c2ccc(O)cc2)CC1)S(C)(=O)=O. The lowest BCUT2D eigenvalue weighted by Gasteiger charge is -2.33. The van der Waals surface area contributed by atoms with Crippen LogP contribution in [0.25, 0.3) is 0 Å². The number of aromatic hydroxyl groups is 1. The predicted molar refractivity (Wildman–Crippen MR) is 81.0 cm³/mol. The number of piperidine rings is 1. The fourth-order valence-electron chi connectivity index (χ4n) is 2.62. The van der Waals surface area contributed by atoms with Gasteiger partial charge in [-0.05, 0) is 43.4 Å². The Balaban J connectivity index is 1.97. The van der Waals surface area contributed by atoms with Crippen LogP contribution >= 0.6 is 0 Å². The van der Waals surface area contributed by atoms with Crippen molar-refractivity contribution in [2.75, 3.05) is 19.3 Å². The van der Waals surface area contributed by atoms with Crippen molar-refractivity contribution in [3.8, 4) is 5.75 Å². The summed E-state index contributed by atoms with van der Waals surface area (Å²) in [4.78, 5) is 13.8. The molecule has 0 aromatic heterocycles. The number of nitrogens with zero attached hydrogens (tertiary/aromatic N) is 1. The molecule has 1 aromatic rings. The molecule has 1 fully saturated rings. The number of likely N-dealkylation sites (tertiary alicyclic amines) is 1. The molecule has 1 aliphatic heterocycles. The number of hydrogen-bond donors (Lipinski definition) is 1. The summed E-state index contributed by atoms with van der Waals surface area (Å²) in [5.41, 5.74) is 1.15. The molecule has 0 saturated carbocycles. The summed E-state index contributed by atoms with van der Waals surface area (Å²) in [5, 5.41) is 8.33. The van der Waals surface area contributed by atoms with E-state index in [0.29, 0.717) is 19.0 Å². The molecule has 6 heteroatoms. The average Bonchev–Trinajstić information content (AvgIpc) is 2.46. The normalized spacial score (nSPS) is 18.5. The van der Waals surface area contributed by atoms with Crippen molar-refractivity contribution in [1.29, 1.82) is 0 Å². The quantitative estimate of drug-likeness (QED) is 0.918. The number of hydrogen-bond acceptors (Lipinski definition) is 4. The molecule has 1 saturated heterocycles. The van der Waals surface area contributed by atoms with Gasteiger partial charge in [0.25, 0.3) is 0 Å². The molecule has 0 radical (unpaired) electrons. The number of amides is 1. The maximum Gasteiger partial charge on any atom is 0.240 e. The molecule has 1 N–H and O–H groups in total. The number of benzene rings is 1. The van der Waals surface area contributed by atoms with Crippen molar-refractivity contribution in [2.45, 2.75) is 30.9 Å². The molecule has 2 rings (SSSR count). The Hall–Kier alpha value is -1.56. The summed E-state index contributed by atoms with van der Waals surface area (Å²) < 4.78 is 22.9. The predicted octanol–water partition coefficient (Wildman–Crippen LogP) is 1.53. The molecule has 116 valence electrons. The molecule has 1 atom stereocenters. The van der Waals surface area contributed by atoms with Gasteiger partial charge in [0.1, 0.15) is 11.0 Å². The number of sulfone groups is 1. The number of carbonyl (C=O) groups excluding carboxylic acids is 1. The highest BCUT2D eigenvalue weighted by molar-refractivity contribution is 7.92. The van der Waals surface area contributed by atoms with Gasteiger partial charge in [0.05, 0.1) is 0 Å². The van der Waals surface area contributed by atoms with Crippen LogP contribution in [-0.2, 0) is 14.6 Å². The zero-order chi connectivity index (χ0) is 15.6. The molecule has 21 heavy (non-hydrogen) atoms. The molecular weight excluding hydrogens is 290 g/mol. The van der Waals surface area contributed by atoms with Crippen LogP contribution in [0.2, 0.25) is 0 Å². The first-order valence-electron chi connectivity index (χ1n) is 7.05. The number of carbonyl (C=O) groups is 1. The van der Waals surface area contributed by atoms with E-state index in [2.05, 4.69) is 0 Å². The molecule has 5 nitrogen and oxygen atoms in total. The Bertz CT molecular complexity index is 601. The second kappa shape index (κ2) is 6.05. The van der Waals surface area contributed by atoms with Crippen molar-refractivity contribution >= 4 is 15.7 Å². The highest BCUT2D eigenvalue weighted by Gasteiger charge is 2.31. The molecule has 0 aliphatic carbocycles. The van der Waals surface area contributed by atoms with Gasteiger partial charge < -0.3 is 10.0 Å². The summed E-state index contributed by atoms with van der Waals surface area (Å²) in [7, 11) is -3.34. The van der Waals surface area contributed by atoms with Crippen molar-refractivity contribution in [1.82, 2.24) is 4.90 Å². The van der Waals surface area contributed by atoms with E-state index in [1.54, 1.807) is 17.0 Å². The Labute approximate surface area is 125 Å². The number of rotatable bonds is 3. The second-order valence-corrected chi connectivity index (χ2v) is 8.03. The lowest BCUT2D eigenvalue weighted by Crippen LogP contribution is -2.44. The summed E-state index contributed by atoms with van der Waals surface area (Å²) in [6.45, 7) is 2.60. The lowest BCUT2D eigenvalue weighted by molar-refractivity contribution is -0.131. The third-order valence-electron chi connectivity index (χ3n) is 4.16. The van der Waals surface area contributed by atoms with Gasteiger partial charge in [0.15, 0.2) is 9.84 Å². The van der Waals surface area contributed by atoms with Crippen LogP contribution in [0.3, 0.4) is 0 Å². The van der Waals surface area contributed by atoms with E-state index in [-0.39, 0.29) is 11.7 Å². The topological polar surface area (TPSA) is 74.7 Å². The fourth-order valence-corrected chi connectivity index (χ4v) is 3.14. The Morgan fingerprint density at radius 2 is 1.76 bits per heavy atom. The van der Waals surface area contributed by atoms with Crippen LogP contribution < -0.4 is 0 Å². The van der Waals surface area contributed by atoms with Crippen molar-refractivity contribution < 1.29 is 18.3 Å². The largest absolute Gasteiger partial charge is 0.508 e. The van der Waals surface area contributed by atoms with Gasteiger partial charge in [0.2, 0.25) is 5.91 Å². The zero-order valence-corrected chi connectivity index (χ0v) is 13.1. The fraction of sp³-hybridized carbons (Fsp3) is 0.533. The Kier molecular flexibility index (Phi) is 4.56. The smallest absolute Gasteiger partial charge is 0.240 e. The minimum Gasteiger partial charge on any atom is -0.508 e. The first kappa shape index (κ1) is 15.8. The van der Waals surface area contributed by atoms with Gasteiger partial charge in [-0.1, -0.05) is 12.1 Å². The van der Waals surface area contributed by atoms with Gasteiger partial charge in [-0.25, -0.2) is 8.42 Å². The van der Waals surface area contributed by atoms with Gasteiger partial charge >= 0.3 is 0 Å². The van der Waals surface area contributed by atoms with E-state index in [1.165, 1.54) is 6.92 Å². The summed E-state index contributed by atoms with van der Waals surface area (Å²) >= 11 is 0. The van der Waals surface area contributed by atoms with E-state index in [4.69, 9.17) is 0 Å². The minimum atomic E-state index is -3.34. The monoisotopic (exact) mass is 311 g/mol. The van der Waals surface area contributed by atoms with E-state index < -0.39 is 15.1 Å². The highest BCUT2D eigenvalue weighted by Crippen LogP contribution is 2.29. The molecule has 1 heterocycles. The first-order valence-corrected chi connectivity index (χ1v) is 9.01. The standard InChI is InChI=1S/C15H21NO4S/c1-11(21(2,19)20)15(18)16-9-7-13(8-10-16)12-3-5-14(17)6-4-12/h3-6,11,13,17H,7-10H2,1-2H3/t11-/m1/s1. The third kappa shape index (κ3) is 3.75. The minimum absolute atomic E-state index is 0.244. The molecule has 1 aliphatic rings. The van der Waals surface area contributed by atoms with Crippen LogP contribution in [-0.4, -0.2) is 48.9 Å². The molecule has 0 spiro atoms. The van der Waals surface area contributed by atoms with Crippen LogP contribution in [0.15, 0.2) is 24.3 Å². The van der Waals surface area contributed by atoms with Crippen LogP contribution in [0, 0.1) is 0 Å². The molecule has 1 amide bonds. The lowest BCUT2D eigenvalue weighted by atomic mass is 9.89. The van der Waals surface area contributed by atoms with Crippen molar-refractivity contribution in [3.05, 3.63) is 29.8 Å². The molecule has 0 bridgehead atoms. The van der Waals surface area contributed by atoms with E-state index in [9.17, 15) is 18.3 Å². The second-order valence-electron chi connectivity index (χ2n) is 5.66. The maximum atomic E-state index is 12.1. The average molecular weight is 311 g/mol. The van der Waals surface area contributed by atoms with Crippen LogP contribution in [0.5, 0.6) is 5.75 Å². The highest BCUT2D eigenvalue weighted by atomic mass is 32.2.